The lowest BCUT2D eigenvalue weighted by atomic mass is 9.44. The van der Waals surface area contributed by atoms with Crippen LogP contribution in [0.5, 0.6) is 0 Å². The first-order valence-corrected chi connectivity index (χ1v) is 17.9. The van der Waals surface area contributed by atoms with E-state index in [2.05, 4.69) is 41.5 Å². The van der Waals surface area contributed by atoms with Crippen LogP contribution in [-0.2, 0) is 9.53 Å². The summed E-state index contributed by atoms with van der Waals surface area (Å²) in [5, 5.41) is 0. The zero-order valence-corrected chi connectivity index (χ0v) is 27.1. The largest absolute Gasteiger partial charge is 0.465 e. The molecule has 0 radical (unpaired) electrons. The van der Waals surface area contributed by atoms with Gasteiger partial charge >= 0.3 is 5.97 Å². The van der Waals surface area contributed by atoms with E-state index < -0.39 is 0 Å². The van der Waals surface area contributed by atoms with Gasteiger partial charge in [-0.3, -0.25) is 4.79 Å². The van der Waals surface area contributed by atoms with Crippen molar-refractivity contribution in [3.05, 3.63) is 0 Å². The van der Waals surface area contributed by atoms with Crippen LogP contribution >= 0.6 is 0 Å². The molecule has 39 heavy (non-hydrogen) atoms. The molecule has 4 fully saturated rings. The van der Waals surface area contributed by atoms with E-state index in [-0.39, 0.29) is 5.97 Å². The Morgan fingerprint density at radius 3 is 2.31 bits per heavy atom. The summed E-state index contributed by atoms with van der Waals surface area (Å²) in [6.07, 6.45) is 25.7. The first kappa shape index (κ1) is 31.4. The molecule has 0 aromatic heterocycles. The fourth-order valence-electron chi connectivity index (χ4n) is 10.8. The van der Waals surface area contributed by atoms with Crippen molar-refractivity contribution < 1.29 is 9.53 Å². The molecule has 10 atom stereocenters. The summed E-state index contributed by atoms with van der Waals surface area (Å²) in [6.45, 7) is 15.6. The van der Waals surface area contributed by atoms with Crippen LogP contribution in [-0.4, -0.2) is 12.6 Å². The highest BCUT2D eigenvalue weighted by atomic mass is 16.5. The molecule has 0 spiro atoms. The van der Waals surface area contributed by atoms with Crippen LogP contribution in [0, 0.1) is 58.2 Å². The van der Waals surface area contributed by atoms with Crippen LogP contribution in [0.2, 0.25) is 0 Å². The minimum absolute atomic E-state index is 0.0227. The molecule has 0 N–H and O–H groups in total. The quantitative estimate of drug-likeness (QED) is 0.161. The van der Waals surface area contributed by atoms with Gasteiger partial charge in [0.25, 0.3) is 0 Å². The Hall–Kier alpha value is -0.530. The van der Waals surface area contributed by atoms with Crippen molar-refractivity contribution >= 4 is 5.97 Å². The highest BCUT2D eigenvalue weighted by Crippen LogP contribution is 2.68. The maximum atomic E-state index is 12.2. The van der Waals surface area contributed by atoms with Crippen LogP contribution in [0.15, 0.2) is 0 Å². The smallest absolute Gasteiger partial charge is 0.305 e. The Bertz CT molecular complexity index is 761. The molecule has 2 unspecified atom stereocenters. The SMILES string of the molecule is CCCCCCCCC(=O)OCC(C)[C@@H](C)CC[C@@H](C)[C@H]1CC[C@H]2[C@@H]3CCC4CCCC[C@]4(C)[C@H]3CC[C@]12C. The molecule has 2 nitrogen and oxygen atoms in total. The number of hydrogen-bond acceptors (Lipinski definition) is 2. The van der Waals surface area contributed by atoms with E-state index >= 15 is 0 Å². The Morgan fingerprint density at radius 1 is 0.769 bits per heavy atom. The van der Waals surface area contributed by atoms with Crippen LogP contribution < -0.4 is 0 Å². The second kappa shape index (κ2) is 14.1. The third-order valence-corrected chi connectivity index (χ3v) is 13.6. The van der Waals surface area contributed by atoms with Crippen molar-refractivity contribution in [3.8, 4) is 0 Å². The second-order valence-electron chi connectivity index (χ2n) is 15.8. The van der Waals surface area contributed by atoms with E-state index in [0.29, 0.717) is 35.7 Å². The molecule has 2 heteroatoms. The molecule has 0 heterocycles. The molecule has 226 valence electrons. The lowest BCUT2D eigenvalue weighted by Crippen LogP contribution is -2.53. The lowest BCUT2D eigenvalue weighted by Gasteiger charge is -2.61. The van der Waals surface area contributed by atoms with Crippen LogP contribution in [0.1, 0.15) is 164 Å². The van der Waals surface area contributed by atoms with E-state index in [9.17, 15) is 4.79 Å². The van der Waals surface area contributed by atoms with E-state index in [4.69, 9.17) is 4.74 Å². The number of unbranched alkanes of at least 4 members (excludes halogenated alkanes) is 5. The van der Waals surface area contributed by atoms with Gasteiger partial charge in [-0.2, -0.15) is 0 Å². The van der Waals surface area contributed by atoms with Gasteiger partial charge in [0.1, 0.15) is 0 Å². The Balaban J connectivity index is 1.20. The van der Waals surface area contributed by atoms with E-state index in [1.54, 1.807) is 6.42 Å². The average molecular weight is 543 g/mol. The zero-order valence-electron chi connectivity index (χ0n) is 27.1. The van der Waals surface area contributed by atoms with E-state index in [1.807, 2.05) is 0 Å². The fraction of sp³-hybridized carbons (Fsp3) is 0.973. The van der Waals surface area contributed by atoms with Crippen molar-refractivity contribution in [2.24, 2.45) is 58.2 Å². The average Bonchev–Trinajstić information content (AvgIpc) is 3.29. The summed E-state index contributed by atoms with van der Waals surface area (Å²) in [7, 11) is 0. The molecule has 4 aliphatic carbocycles. The van der Waals surface area contributed by atoms with Gasteiger partial charge < -0.3 is 4.74 Å². The molecular weight excluding hydrogens is 476 g/mol. The molecule has 0 aromatic rings. The second-order valence-corrected chi connectivity index (χ2v) is 15.8. The maximum Gasteiger partial charge on any atom is 0.305 e. The van der Waals surface area contributed by atoms with Gasteiger partial charge in [0.2, 0.25) is 0 Å². The Labute approximate surface area is 243 Å². The number of esters is 1. The summed E-state index contributed by atoms with van der Waals surface area (Å²) in [4.78, 5) is 12.2. The number of hydrogen-bond donors (Lipinski definition) is 0. The van der Waals surface area contributed by atoms with Crippen molar-refractivity contribution in [2.45, 2.75) is 164 Å². The third-order valence-electron chi connectivity index (χ3n) is 13.6. The van der Waals surface area contributed by atoms with Gasteiger partial charge in [-0.15, -0.1) is 0 Å². The minimum atomic E-state index is 0.0227. The molecule has 0 amide bonds. The molecular formula is C37H66O2. The Morgan fingerprint density at radius 2 is 1.51 bits per heavy atom. The number of carbonyl (C=O) groups excluding carboxylic acids is 1. The predicted octanol–water partition coefficient (Wildman–Crippen LogP) is 11.0. The summed E-state index contributed by atoms with van der Waals surface area (Å²) in [5.41, 5.74) is 1.25. The normalized spacial score (nSPS) is 38.3. The van der Waals surface area contributed by atoms with Crippen LogP contribution in [0.3, 0.4) is 0 Å². The molecule has 0 saturated heterocycles. The monoisotopic (exact) mass is 543 g/mol. The third kappa shape index (κ3) is 7.10. The standard InChI is InChI=1S/C37H66O2/c1-7-8-9-10-11-12-16-35(38)39-26-29(4)27(2)17-18-28(3)32-21-22-33-31-20-19-30-15-13-14-24-36(30,5)34(31)23-25-37(32,33)6/h27-34H,7-26H2,1-6H3/t27-,28+,29?,30?,31-,32+,33-,34-,36-,37+/m0/s1. The topological polar surface area (TPSA) is 26.3 Å². The molecule has 0 aliphatic heterocycles. The summed E-state index contributed by atoms with van der Waals surface area (Å²) in [6, 6.07) is 0. The van der Waals surface area contributed by atoms with E-state index in [0.717, 1.165) is 41.9 Å². The predicted molar refractivity (Wildman–Crippen MR) is 166 cm³/mol. The summed E-state index contributed by atoms with van der Waals surface area (Å²) < 4.78 is 5.70. The first-order chi connectivity index (χ1) is 18.7. The molecule has 0 aromatic carbocycles. The van der Waals surface area contributed by atoms with Crippen LogP contribution in [0.25, 0.3) is 0 Å². The first-order valence-electron chi connectivity index (χ1n) is 17.9. The van der Waals surface area contributed by atoms with Crippen molar-refractivity contribution in [1.82, 2.24) is 0 Å². The molecule has 4 rings (SSSR count). The number of carbonyl (C=O) groups is 1. The number of fused-ring (bicyclic) bond motifs is 5. The minimum Gasteiger partial charge on any atom is -0.465 e. The molecule has 0 bridgehead atoms. The van der Waals surface area contributed by atoms with Gasteiger partial charge in [-0.05, 0) is 116 Å². The van der Waals surface area contributed by atoms with Gasteiger partial charge in [-0.1, -0.05) is 99.3 Å². The summed E-state index contributed by atoms with van der Waals surface area (Å²) in [5.74, 6) is 6.90. The number of ether oxygens (including phenoxy) is 1. The van der Waals surface area contributed by atoms with Crippen molar-refractivity contribution in [1.29, 1.82) is 0 Å². The van der Waals surface area contributed by atoms with Crippen molar-refractivity contribution in [3.63, 3.8) is 0 Å². The molecule has 4 aliphatic rings. The Kier molecular flexibility index (Phi) is 11.3. The van der Waals surface area contributed by atoms with Crippen molar-refractivity contribution in [2.75, 3.05) is 6.61 Å². The van der Waals surface area contributed by atoms with E-state index in [1.165, 1.54) is 103 Å². The fourth-order valence-corrected chi connectivity index (χ4v) is 10.8. The van der Waals surface area contributed by atoms with Gasteiger partial charge in [-0.25, -0.2) is 0 Å². The highest BCUT2D eigenvalue weighted by Gasteiger charge is 2.60. The number of rotatable bonds is 14. The van der Waals surface area contributed by atoms with Gasteiger partial charge in [0.15, 0.2) is 0 Å². The van der Waals surface area contributed by atoms with Crippen LogP contribution in [0.4, 0.5) is 0 Å². The lowest BCUT2D eigenvalue weighted by molar-refractivity contribution is -0.145. The summed E-state index contributed by atoms with van der Waals surface area (Å²) >= 11 is 0. The zero-order chi connectivity index (χ0) is 28.0. The van der Waals surface area contributed by atoms with Gasteiger partial charge in [0.05, 0.1) is 6.61 Å². The maximum absolute atomic E-state index is 12.2. The highest BCUT2D eigenvalue weighted by molar-refractivity contribution is 5.69. The molecule has 4 saturated carbocycles. The van der Waals surface area contributed by atoms with Gasteiger partial charge in [0, 0.05) is 6.42 Å².